The summed E-state index contributed by atoms with van der Waals surface area (Å²) in [6.45, 7) is 0.833. The molecule has 12 heavy (non-hydrogen) atoms. The molecule has 3 nitrogen and oxygen atoms in total. The van der Waals surface area contributed by atoms with Crippen molar-refractivity contribution in [3.05, 3.63) is 11.6 Å². The summed E-state index contributed by atoms with van der Waals surface area (Å²) in [7, 11) is 0. The van der Waals surface area contributed by atoms with Crippen molar-refractivity contribution in [3.63, 3.8) is 0 Å². The second kappa shape index (κ2) is 3.31. The first kappa shape index (κ1) is 7.86. The molecule has 0 aromatic carbocycles. The third-order valence-corrected chi connectivity index (χ3v) is 2.79. The fourth-order valence-corrected chi connectivity index (χ4v) is 1.81. The minimum Gasteiger partial charge on any atom is -0.302 e. The molecule has 0 radical (unpaired) electrons. The van der Waals surface area contributed by atoms with Gasteiger partial charge in [0.05, 0.1) is 6.54 Å². The SMILES string of the molecule is O=C(NC1=NCCS1)C1=CCC1. The van der Waals surface area contributed by atoms with Crippen LogP contribution in [0.15, 0.2) is 16.6 Å². The average molecular weight is 182 g/mol. The van der Waals surface area contributed by atoms with Crippen molar-refractivity contribution >= 4 is 22.8 Å². The van der Waals surface area contributed by atoms with Crippen molar-refractivity contribution in [1.82, 2.24) is 5.32 Å². The van der Waals surface area contributed by atoms with E-state index in [0.29, 0.717) is 0 Å². The van der Waals surface area contributed by atoms with Gasteiger partial charge >= 0.3 is 0 Å². The van der Waals surface area contributed by atoms with Crippen LogP contribution < -0.4 is 5.32 Å². The van der Waals surface area contributed by atoms with Gasteiger partial charge in [-0.3, -0.25) is 9.79 Å². The van der Waals surface area contributed by atoms with Crippen LogP contribution in [0.5, 0.6) is 0 Å². The topological polar surface area (TPSA) is 41.5 Å². The molecule has 0 aromatic rings. The van der Waals surface area contributed by atoms with Gasteiger partial charge in [0.15, 0.2) is 5.17 Å². The molecule has 2 rings (SSSR count). The summed E-state index contributed by atoms with van der Waals surface area (Å²) < 4.78 is 0. The van der Waals surface area contributed by atoms with Crippen molar-refractivity contribution < 1.29 is 4.79 Å². The summed E-state index contributed by atoms with van der Waals surface area (Å²) in [4.78, 5) is 15.4. The molecule has 64 valence electrons. The third-order valence-electron chi connectivity index (χ3n) is 1.90. The first-order valence-corrected chi connectivity index (χ1v) is 5.02. The molecule has 0 bridgehead atoms. The largest absolute Gasteiger partial charge is 0.302 e. The van der Waals surface area contributed by atoms with E-state index in [2.05, 4.69) is 10.3 Å². The highest BCUT2D eigenvalue weighted by Crippen LogP contribution is 2.18. The zero-order valence-electron chi connectivity index (χ0n) is 6.67. The van der Waals surface area contributed by atoms with Crippen LogP contribution in [0.3, 0.4) is 0 Å². The number of nitrogens with zero attached hydrogens (tertiary/aromatic N) is 1. The fourth-order valence-electron chi connectivity index (χ4n) is 1.08. The minimum atomic E-state index is 0.0365. The minimum absolute atomic E-state index is 0.0365. The van der Waals surface area contributed by atoms with Gasteiger partial charge in [0.1, 0.15) is 0 Å². The molecule has 0 saturated carbocycles. The van der Waals surface area contributed by atoms with E-state index in [9.17, 15) is 4.79 Å². The van der Waals surface area contributed by atoms with Gasteiger partial charge < -0.3 is 5.32 Å². The van der Waals surface area contributed by atoms with Gasteiger partial charge in [-0.2, -0.15) is 0 Å². The highest BCUT2D eigenvalue weighted by atomic mass is 32.2. The van der Waals surface area contributed by atoms with Crippen LogP contribution >= 0.6 is 11.8 Å². The molecule has 1 aliphatic heterocycles. The summed E-state index contributed by atoms with van der Waals surface area (Å²) in [5.41, 5.74) is 0.908. The lowest BCUT2D eigenvalue weighted by Crippen LogP contribution is -2.30. The lowest BCUT2D eigenvalue weighted by molar-refractivity contribution is -0.116. The Morgan fingerprint density at radius 3 is 3.00 bits per heavy atom. The quantitative estimate of drug-likeness (QED) is 0.655. The maximum Gasteiger partial charge on any atom is 0.252 e. The number of aliphatic imine (C=N–C) groups is 1. The van der Waals surface area contributed by atoms with Crippen LogP contribution in [0.2, 0.25) is 0 Å². The number of carbonyl (C=O) groups excluding carboxylic acids is 1. The van der Waals surface area contributed by atoms with Gasteiger partial charge in [-0.25, -0.2) is 0 Å². The van der Waals surface area contributed by atoms with Crippen molar-refractivity contribution in [1.29, 1.82) is 0 Å². The summed E-state index contributed by atoms with van der Waals surface area (Å²) >= 11 is 1.61. The van der Waals surface area contributed by atoms with Gasteiger partial charge in [0, 0.05) is 11.3 Å². The van der Waals surface area contributed by atoms with E-state index < -0.39 is 0 Å². The van der Waals surface area contributed by atoms with E-state index in [1.807, 2.05) is 6.08 Å². The van der Waals surface area contributed by atoms with Crippen molar-refractivity contribution in [2.45, 2.75) is 12.8 Å². The van der Waals surface area contributed by atoms with Gasteiger partial charge in [0.2, 0.25) is 0 Å². The molecule has 1 N–H and O–H groups in total. The van der Waals surface area contributed by atoms with Gasteiger partial charge in [-0.15, -0.1) is 0 Å². The molecule has 1 aliphatic carbocycles. The number of amidine groups is 1. The number of rotatable bonds is 1. The molecular weight excluding hydrogens is 172 g/mol. The first-order chi connectivity index (χ1) is 5.86. The second-order valence-corrected chi connectivity index (χ2v) is 3.84. The van der Waals surface area contributed by atoms with Crippen molar-refractivity contribution in [3.8, 4) is 0 Å². The predicted octanol–water partition coefficient (Wildman–Crippen LogP) is 0.926. The molecule has 4 heteroatoms. The summed E-state index contributed by atoms with van der Waals surface area (Å²) in [6, 6.07) is 0. The van der Waals surface area contributed by atoms with Crippen LogP contribution in [0.4, 0.5) is 0 Å². The summed E-state index contributed by atoms with van der Waals surface area (Å²) in [5.74, 6) is 1.03. The number of thioether (sulfide) groups is 1. The van der Waals surface area contributed by atoms with E-state index >= 15 is 0 Å². The monoisotopic (exact) mass is 182 g/mol. The Labute approximate surface area is 75.3 Å². The molecule has 0 atom stereocenters. The summed E-state index contributed by atoms with van der Waals surface area (Å²) in [5, 5.41) is 3.57. The van der Waals surface area contributed by atoms with E-state index in [4.69, 9.17) is 0 Å². The molecule has 1 amide bonds. The molecule has 0 unspecified atom stereocenters. The van der Waals surface area contributed by atoms with Gasteiger partial charge in [-0.05, 0) is 12.8 Å². The van der Waals surface area contributed by atoms with E-state index in [-0.39, 0.29) is 5.91 Å². The Bertz CT molecular complexity index is 270. The zero-order chi connectivity index (χ0) is 8.39. The highest BCUT2D eigenvalue weighted by molar-refractivity contribution is 8.14. The smallest absolute Gasteiger partial charge is 0.252 e. The van der Waals surface area contributed by atoms with Crippen LogP contribution in [-0.2, 0) is 4.79 Å². The summed E-state index contributed by atoms with van der Waals surface area (Å²) in [6.07, 6.45) is 3.93. The molecule has 0 saturated heterocycles. The van der Waals surface area contributed by atoms with Crippen LogP contribution in [0.1, 0.15) is 12.8 Å². The van der Waals surface area contributed by atoms with E-state index in [1.54, 1.807) is 11.8 Å². The van der Waals surface area contributed by atoms with Gasteiger partial charge in [-0.1, -0.05) is 17.8 Å². The maximum atomic E-state index is 11.3. The maximum absolute atomic E-state index is 11.3. The Hall–Kier alpha value is -0.770. The number of hydrogen-bond acceptors (Lipinski definition) is 3. The number of amides is 1. The number of hydrogen-bond donors (Lipinski definition) is 1. The Balaban J connectivity index is 1.89. The Morgan fingerprint density at radius 2 is 2.50 bits per heavy atom. The van der Waals surface area contributed by atoms with Crippen LogP contribution in [-0.4, -0.2) is 23.4 Å². The Morgan fingerprint density at radius 1 is 1.67 bits per heavy atom. The second-order valence-electron chi connectivity index (χ2n) is 2.76. The number of carbonyl (C=O) groups is 1. The van der Waals surface area contributed by atoms with Crippen molar-refractivity contribution in [2.75, 3.05) is 12.3 Å². The predicted molar refractivity (Wildman–Crippen MR) is 50.2 cm³/mol. The van der Waals surface area contributed by atoms with E-state index in [0.717, 1.165) is 35.9 Å². The van der Waals surface area contributed by atoms with Crippen LogP contribution in [0.25, 0.3) is 0 Å². The fraction of sp³-hybridized carbons (Fsp3) is 0.500. The molecule has 1 heterocycles. The third kappa shape index (κ3) is 1.53. The van der Waals surface area contributed by atoms with Crippen molar-refractivity contribution in [2.24, 2.45) is 4.99 Å². The standard InChI is InChI=1S/C8H10N2OS/c11-7(6-2-1-3-6)10-8-9-4-5-12-8/h2H,1,3-5H2,(H,9,10,11). The normalized spacial score (nSPS) is 21.0. The average Bonchev–Trinajstić information content (AvgIpc) is 2.34. The van der Waals surface area contributed by atoms with Gasteiger partial charge in [0.25, 0.3) is 5.91 Å². The molecule has 0 fully saturated rings. The molecule has 0 aromatic heterocycles. The lowest BCUT2D eigenvalue weighted by Gasteiger charge is -2.13. The number of nitrogens with one attached hydrogen (secondary N) is 1. The number of allylic oxidation sites excluding steroid dienone is 1. The first-order valence-electron chi connectivity index (χ1n) is 4.04. The zero-order valence-corrected chi connectivity index (χ0v) is 7.49. The molecular formula is C8H10N2OS. The van der Waals surface area contributed by atoms with Crippen LogP contribution in [0, 0.1) is 0 Å². The highest BCUT2D eigenvalue weighted by Gasteiger charge is 2.17. The van der Waals surface area contributed by atoms with E-state index in [1.165, 1.54) is 0 Å². The Kier molecular flexibility index (Phi) is 2.17. The molecule has 2 aliphatic rings. The molecule has 0 spiro atoms. The lowest BCUT2D eigenvalue weighted by atomic mass is 9.99.